The second-order valence-corrected chi connectivity index (χ2v) is 6.27. The van der Waals surface area contributed by atoms with Gasteiger partial charge in [0.25, 0.3) is 0 Å². The summed E-state index contributed by atoms with van der Waals surface area (Å²) in [7, 11) is 3.71. The van der Waals surface area contributed by atoms with E-state index >= 15 is 0 Å². The van der Waals surface area contributed by atoms with Gasteiger partial charge in [-0.05, 0) is 6.07 Å². The highest BCUT2D eigenvalue weighted by Gasteiger charge is 2.06. The highest BCUT2D eigenvalue weighted by Crippen LogP contribution is 2.19. The Bertz CT molecular complexity index is 619. The highest BCUT2D eigenvalue weighted by molar-refractivity contribution is 14.0. The van der Waals surface area contributed by atoms with E-state index in [1.54, 1.807) is 24.6 Å². The number of rotatable bonds is 6. The van der Waals surface area contributed by atoms with E-state index in [2.05, 4.69) is 44.9 Å². The average molecular weight is 448 g/mol. The molecule has 0 radical (unpaired) electrons. The number of nitrogens with zero attached hydrogens (tertiary/aromatic N) is 4. The second kappa shape index (κ2) is 9.86. The van der Waals surface area contributed by atoms with Crippen molar-refractivity contribution in [1.29, 1.82) is 0 Å². The van der Waals surface area contributed by atoms with Gasteiger partial charge in [-0.15, -0.1) is 35.3 Å². The molecule has 6 nitrogen and oxygen atoms in total. The molecule has 0 saturated heterocycles. The molecule has 2 rings (SSSR count). The van der Waals surface area contributed by atoms with Crippen molar-refractivity contribution in [3.63, 3.8) is 0 Å². The Morgan fingerprint density at radius 3 is 2.74 bits per heavy atom. The van der Waals surface area contributed by atoms with Gasteiger partial charge in [-0.3, -0.25) is 9.67 Å². The Morgan fingerprint density at radius 1 is 1.39 bits per heavy atom. The first-order valence-electron chi connectivity index (χ1n) is 7.46. The molecule has 0 fully saturated rings. The van der Waals surface area contributed by atoms with Gasteiger partial charge in [0.1, 0.15) is 0 Å². The minimum absolute atomic E-state index is 0. The molecule has 0 spiro atoms. The fourth-order valence-electron chi connectivity index (χ4n) is 1.98. The van der Waals surface area contributed by atoms with Crippen LogP contribution in [0.25, 0.3) is 0 Å². The van der Waals surface area contributed by atoms with Crippen molar-refractivity contribution in [1.82, 2.24) is 25.4 Å². The van der Waals surface area contributed by atoms with Gasteiger partial charge in [-0.25, -0.2) is 4.98 Å². The van der Waals surface area contributed by atoms with Crippen LogP contribution in [-0.2, 0) is 20.0 Å². The lowest BCUT2D eigenvalue weighted by atomic mass is 10.2. The van der Waals surface area contributed by atoms with Gasteiger partial charge in [0, 0.05) is 44.6 Å². The Morgan fingerprint density at radius 2 is 2.17 bits per heavy atom. The third-order valence-corrected chi connectivity index (χ3v) is 4.51. The van der Waals surface area contributed by atoms with Crippen LogP contribution >= 0.6 is 35.3 Å². The Labute approximate surface area is 158 Å². The summed E-state index contributed by atoms with van der Waals surface area (Å²) in [4.78, 5) is 8.87. The highest BCUT2D eigenvalue weighted by atomic mass is 127. The summed E-state index contributed by atoms with van der Waals surface area (Å²) < 4.78 is 1.85. The van der Waals surface area contributed by atoms with Crippen LogP contribution in [0, 0.1) is 0 Å². The molecule has 2 aromatic heterocycles. The molecular formula is C15H25IN6S. The topological polar surface area (TPSA) is 67.1 Å². The van der Waals surface area contributed by atoms with Crippen molar-refractivity contribution in [2.45, 2.75) is 32.7 Å². The summed E-state index contributed by atoms with van der Waals surface area (Å²) in [5.74, 6) is 1.29. The van der Waals surface area contributed by atoms with Gasteiger partial charge in [0.2, 0.25) is 0 Å². The molecule has 0 unspecified atom stereocenters. The molecule has 0 aliphatic heterocycles. The van der Waals surface area contributed by atoms with Crippen LogP contribution in [0.5, 0.6) is 0 Å². The third-order valence-electron chi connectivity index (χ3n) is 3.32. The van der Waals surface area contributed by atoms with E-state index in [0.29, 0.717) is 12.5 Å². The van der Waals surface area contributed by atoms with Crippen LogP contribution < -0.4 is 10.6 Å². The molecule has 2 N–H and O–H groups in total. The molecule has 0 bridgehead atoms. The summed E-state index contributed by atoms with van der Waals surface area (Å²) in [6, 6.07) is 1.99. The summed E-state index contributed by atoms with van der Waals surface area (Å²) in [6.07, 6.45) is 2.69. The van der Waals surface area contributed by atoms with E-state index in [-0.39, 0.29) is 24.0 Å². The van der Waals surface area contributed by atoms with Crippen LogP contribution in [0.3, 0.4) is 0 Å². The van der Waals surface area contributed by atoms with Crippen molar-refractivity contribution in [2.75, 3.05) is 13.6 Å². The van der Waals surface area contributed by atoms with Crippen molar-refractivity contribution < 1.29 is 0 Å². The molecular weight excluding hydrogens is 423 g/mol. The molecule has 0 saturated carbocycles. The molecule has 0 aliphatic rings. The third kappa shape index (κ3) is 6.09. The van der Waals surface area contributed by atoms with E-state index in [0.717, 1.165) is 30.3 Å². The number of hydrogen-bond donors (Lipinski definition) is 2. The van der Waals surface area contributed by atoms with Crippen molar-refractivity contribution >= 4 is 41.3 Å². The zero-order chi connectivity index (χ0) is 15.9. The number of nitrogens with one attached hydrogen (secondary N) is 2. The van der Waals surface area contributed by atoms with E-state index in [4.69, 9.17) is 0 Å². The zero-order valence-electron chi connectivity index (χ0n) is 14.0. The predicted octanol–water partition coefficient (Wildman–Crippen LogP) is 2.53. The quantitative estimate of drug-likeness (QED) is 0.405. The van der Waals surface area contributed by atoms with Crippen molar-refractivity contribution in [3.05, 3.63) is 34.0 Å². The van der Waals surface area contributed by atoms with E-state index < -0.39 is 0 Å². The number of guanidine groups is 1. The Hall–Kier alpha value is -1.16. The second-order valence-electron chi connectivity index (χ2n) is 5.38. The van der Waals surface area contributed by atoms with Crippen LogP contribution in [0.1, 0.15) is 36.2 Å². The Kier molecular flexibility index (Phi) is 8.53. The minimum Gasteiger partial charge on any atom is -0.356 e. The molecule has 128 valence electrons. The van der Waals surface area contributed by atoms with E-state index in [1.165, 1.54) is 5.01 Å². The van der Waals surface area contributed by atoms with Gasteiger partial charge in [-0.1, -0.05) is 13.8 Å². The molecule has 0 atom stereocenters. The average Bonchev–Trinajstić information content (AvgIpc) is 3.12. The minimum atomic E-state index is 0. The molecule has 2 heterocycles. The fraction of sp³-hybridized carbons (Fsp3) is 0.533. The molecule has 0 aromatic carbocycles. The maximum Gasteiger partial charge on any atom is 0.191 e. The first-order chi connectivity index (χ1) is 10.6. The van der Waals surface area contributed by atoms with Crippen molar-refractivity contribution in [2.24, 2.45) is 12.0 Å². The number of hydrogen-bond acceptors (Lipinski definition) is 4. The summed E-state index contributed by atoms with van der Waals surface area (Å²) in [6.45, 7) is 5.85. The Balaban J connectivity index is 0.00000264. The molecule has 8 heteroatoms. The number of aryl methyl sites for hydroxylation is 1. The number of aliphatic imine (C=N–C) groups is 1. The number of thiazole rings is 1. The zero-order valence-corrected chi connectivity index (χ0v) is 17.2. The maximum atomic E-state index is 4.64. The molecule has 23 heavy (non-hydrogen) atoms. The predicted molar refractivity (Wildman–Crippen MR) is 107 cm³/mol. The fourth-order valence-corrected chi connectivity index (χ4v) is 2.85. The maximum absolute atomic E-state index is 4.64. The van der Waals surface area contributed by atoms with E-state index in [1.807, 2.05) is 17.8 Å². The normalized spacial score (nSPS) is 11.4. The van der Waals surface area contributed by atoms with Gasteiger partial charge in [0.15, 0.2) is 5.96 Å². The standard InChI is InChI=1S/C15H24N6S.HI/c1-11(2)14-20-12(10-22-14)5-7-17-15(16-3)18-9-13-6-8-19-21(13)4;/h6,8,10-11H,5,7,9H2,1-4H3,(H2,16,17,18);1H. The van der Waals surface area contributed by atoms with Crippen molar-refractivity contribution in [3.8, 4) is 0 Å². The van der Waals surface area contributed by atoms with Gasteiger partial charge in [-0.2, -0.15) is 5.10 Å². The molecule has 0 amide bonds. The first-order valence-corrected chi connectivity index (χ1v) is 8.33. The van der Waals surface area contributed by atoms with E-state index in [9.17, 15) is 0 Å². The number of aromatic nitrogens is 3. The largest absolute Gasteiger partial charge is 0.356 e. The van der Waals surface area contributed by atoms with Gasteiger partial charge < -0.3 is 10.6 Å². The van der Waals surface area contributed by atoms with Crippen LogP contribution in [-0.4, -0.2) is 34.3 Å². The first kappa shape index (κ1) is 19.9. The lowest BCUT2D eigenvalue weighted by Crippen LogP contribution is -2.38. The van der Waals surface area contributed by atoms with Crippen LogP contribution in [0.4, 0.5) is 0 Å². The van der Waals surface area contributed by atoms with Gasteiger partial charge >= 0.3 is 0 Å². The SMILES string of the molecule is CN=C(NCCc1csc(C(C)C)n1)NCc1ccnn1C.I. The van der Waals surface area contributed by atoms with Gasteiger partial charge in [0.05, 0.1) is 22.9 Å². The van der Waals surface area contributed by atoms with Crippen LogP contribution in [0.2, 0.25) is 0 Å². The monoisotopic (exact) mass is 448 g/mol. The molecule has 0 aliphatic carbocycles. The van der Waals surface area contributed by atoms with Crippen LogP contribution in [0.15, 0.2) is 22.6 Å². The lowest BCUT2D eigenvalue weighted by Gasteiger charge is -2.11. The number of halogens is 1. The summed E-state index contributed by atoms with van der Waals surface area (Å²) >= 11 is 1.74. The lowest BCUT2D eigenvalue weighted by molar-refractivity contribution is 0.683. The summed E-state index contributed by atoms with van der Waals surface area (Å²) in [5, 5.41) is 14.1. The summed E-state index contributed by atoms with van der Waals surface area (Å²) in [5.41, 5.74) is 2.26. The molecule has 2 aromatic rings. The smallest absolute Gasteiger partial charge is 0.191 e.